The fourth-order valence-corrected chi connectivity index (χ4v) is 7.46. The molecule has 0 radical (unpaired) electrons. The molecule has 4 aliphatic rings. The van der Waals surface area contributed by atoms with E-state index in [1.807, 2.05) is 6.92 Å². The number of hydrogen-bond acceptors (Lipinski definition) is 22. The third-order valence-electron chi connectivity index (χ3n) is 10.7. The van der Waals surface area contributed by atoms with Crippen molar-refractivity contribution in [3.63, 3.8) is 0 Å². The summed E-state index contributed by atoms with van der Waals surface area (Å²) in [5.41, 5.74) is 0. The minimum atomic E-state index is -3.11. The van der Waals surface area contributed by atoms with E-state index >= 15 is 0 Å². The minimum Gasteiger partial charge on any atom is -0.477 e. The van der Waals surface area contributed by atoms with Crippen molar-refractivity contribution in [3.8, 4) is 0 Å². The van der Waals surface area contributed by atoms with Gasteiger partial charge in [-0.1, -0.05) is 13.3 Å². The number of aliphatic hydroxyl groups excluding tert-OH is 11. The second-order valence-electron chi connectivity index (χ2n) is 15.2. The summed E-state index contributed by atoms with van der Waals surface area (Å²) in [7, 11) is 0. The molecule has 0 aromatic rings. The standard InChI is InChI=1S/C35H60N2O23/c1-5-6-7-53-31-20(37-14(4)42)29(27(18(11-40)56-31)57-32-25(49)24(48)21(45)12(2)54-32)58-33-26(50)30(23(47)17(10-39)55-33)60-35(34(51)52)8-15(43)19(36-13(3)41)28(59-35)22(46)16(44)9-38/h12,15-33,38-40,43-50H,5-11H2,1-4H3,(H,36,41)(H,37,42)(H,51,52)/t12?,15-,16-,17?,18?,19-,20?,21-,22-,23-,24?,25+,26?,27-,28?,29-,30+,31-,32+,33+,35+/m1/s1. The molecule has 2 amide bonds. The smallest absolute Gasteiger partial charge is 0.364 e. The van der Waals surface area contributed by atoms with E-state index in [1.165, 1.54) is 6.92 Å². The molecule has 21 atom stereocenters. The summed E-state index contributed by atoms with van der Waals surface area (Å²) in [6.07, 6.45) is -32.7. The third-order valence-corrected chi connectivity index (χ3v) is 10.7. The molecule has 4 fully saturated rings. The Labute approximate surface area is 343 Å². The second kappa shape index (κ2) is 21.8. The molecule has 7 unspecified atom stereocenters. The summed E-state index contributed by atoms with van der Waals surface area (Å²) in [4.78, 5) is 37.6. The van der Waals surface area contributed by atoms with Crippen molar-refractivity contribution in [2.24, 2.45) is 0 Å². The third kappa shape index (κ3) is 11.2. The van der Waals surface area contributed by atoms with Crippen molar-refractivity contribution >= 4 is 17.8 Å². The fourth-order valence-electron chi connectivity index (χ4n) is 7.46. The lowest BCUT2D eigenvalue weighted by atomic mass is 9.88. The van der Waals surface area contributed by atoms with Crippen LogP contribution < -0.4 is 10.6 Å². The van der Waals surface area contributed by atoms with Crippen LogP contribution in [0, 0.1) is 0 Å². The van der Waals surface area contributed by atoms with E-state index in [4.69, 9.17) is 37.9 Å². The van der Waals surface area contributed by atoms with Crippen molar-refractivity contribution in [2.45, 2.75) is 175 Å². The van der Waals surface area contributed by atoms with Crippen LogP contribution >= 0.6 is 0 Å². The Morgan fingerprint density at radius 3 is 1.90 bits per heavy atom. The van der Waals surface area contributed by atoms with Crippen LogP contribution in [-0.4, -0.2) is 234 Å². The zero-order valence-electron chi connectivity index (χ0n) is 33.4. The number of rotatable bonds is 18. The lowest BCUT2D eigenvalue weighted by molar-refractivity contribution is -0.390. The number of unbranched alkanes of at least 4 members (excludes halogenated alkanes) is 1. The van der Waals surface area contributed by atoms with Crippen LogP contribution in [0.15, 0.2) is 0 Å². The lowest BCUT2D eigenvalue weighted by Gasteiger charge is -2.51. The van der Waals surface area contributed by atoms with Gasteiger partial charge in [0.05, 0.1) is 38.1 Å². The molecule has 25 nitrogen and oxygen atoms in total. The predicted octanol–water partition coefficient (Wildman–Crippen LogP) is -7.40. The number of carboxylic acid groups (broad SMARTS) is 1. The molecule has 4 aliphatic heterocycles. The zero-order valence-corrected chi connectivity index (χ0v) is 33.4. The van der Waals surface area contributed by atoms with Crippen molar-refractivity contribution in [1.29, 1.82) is 0 Å². The summed E-state index contributed by atoms with van der Waals surface area (Å²) in [6.45, 7) is 2.50. The average molecular weight is 877 g/mol. The summed E-state index contributed by atoms with van der Waals surface area (Å²) >= 11 is 0. The van der Waals surface area contributed by atoms with Gasteiger partial charge < -0.3 is 110 Å². The Bertz CT molecular complexity index is 1400. The van der Waals surface area contributed by atoms with Gasteiger partial charge in [-0.3, -0.25) is 9.59 Å². The Morgan fingerprint density at radius 1 is 0.750 bits per heavy atom. The largest absolute Gasteiger partial charge is 0.477 e. The number of carboxylic acids is 1. The van der Waals surface area contributed by atoms with Crippen molar-refractivity contribution in [1.82, 2.24) is 10.6 Å². The van der Waals surface area contributed by atoms with Gasteiger partial charge in [0.2, 0.25) is 11.8 Å². The highest BCUT2D eigenvalue weighted by molar-refractivity contribution is 5.76. The van der Waals surface area contributed by atoms with Gasteiger partial charge in [-0.15, -0.1) is 0 Å². The van der Waals surface area contributed by atoms with Gasteiger partial charge in [-0.2, -0.15) is 0 Å². The second-order valence-corrected chi connectivity index (χ2v) is 15.2. The molecule has 25 heteroatoms. The van der Waals surface area contributed by atoms with Crippen LogP contribution in [0.1, 0.15) is 47.0 Å². The number of carbonyl (C=O) groups excluding carboxylic acids is 2. The highest BCUT2D eigenvalue weighted by Crippen LogP contribution is 2.39. The van der Waals surface area contributed by atoms with Crippen LogP contribution in [0.5, 0.6) is 0 Å². The molecule has 4 saturated heterocycles. The number of amides is 2. The zero-order chi connectivity index (χ0) is 44.8. The van der Waals surface area contributed by atoms with Gasteiger partial charge in [0.1, 0.15) is 85.4 Å². The molecule has 0 aliphatic carbocycles. The molecule has 14 N–H and O–H groups in total. The maximum Gasteiger partial charge on any atom is 0.364 e. The van der Waals surface area contributed by atoms with Gasteiger partial charge >= 0.3 is 5.97 Å². The Kier molecular flexibility index (Phi) is 18.3. The van der Waals surface area contributed by atoms with Gasteiger partial charge in [-0.05, 0) is 13.3 Å². The highest BCUT2D eigenvalue weighted by atomic mass is 16.8. The van der Waals surface area contributed by atoms with E-state index in [2.05, 4.69) is 10.6 Å². The first-order chi connectivity index (χ1) is 28.2. The number of carbonyl (C=O) groups is 3. The molecular weight excluding hydrogens is 816 g/mol. The maximum absolute atomic E-state index is 13.0. The van der Waals surface area contributed by atoms with Gasteiger partial charge in [0.25, 0.3) is 5.79 Å². The van der Waals surface area contributed by atoms with Gasteiger partial charge in [0, 0.05) is 26.9 Å². The minimum absolute atomic E-state index is 0.0634. The van der Waals surface area contributed by atoms with Crippen LogP contribution in [0.2, 0.25) is 0 Å². The summed E-state index contributed by atoms with van der Waals surface area (Å²) < 4.78 is 47.0. The predicted molar refractivity (Wildman–Crippen MR) is 192 cm³/mol. The topological polar surface area (TPSA) is 392 Å². The average Bonchev–Trinajstić information content (AvgIpc) is 3.20. The number of ether oxygens (including phenoxy) is 8. The van der Waals surface area contributed by atoms with E-state index in [9.17, 15) is 75.7 Å². The number of hydrogen-bond donors (Lipinski definition) is 14. The molecule has 60 heavy (non-hydrogen) atoms. The van der Waals surface area contributed by atoms with Crippen LogP contribution in [0.25, 0.3) is 0 Å². The summed E-state index contributed by atoms with van der Waals surface area (Å²) in [5.74, 6) is -6.57. The molecule has 348 valence electrons. The number of nitrogens with one attached hydrogen (secondary N) is 2. The molecule has 4 rings (SSSR count). The normalized spacial score (nSPS) is 43.5. The van der Waals surface area contributed by atoms with Crippen molar-refractivity contribution in [2.75, 3.05) is 26.4 Å². The number of aliphatic carboxylic acids is 1. The quantitative estimate of drug-likeness (QED) is 0.0569. The number of aliphatic hydroxyl groups is 11. The first-order valence-electron chi connectivity index (χ1n) is 19.5. The van der Waals surface area contributed by atoms with Crippen molar-refractivity contribution < 1.29 is 114 Å². The van der Waals surface area contributed by atoms with E-state index in [0.717, 1.165) is 13.8 Å². The van der Waals surface area contributed by atoms with Crippen LogP contribution in [0.4, 0.5) is 0 Å². The van der Waals surface area contributed by atoms with E-state index in [-0.39, 0.29) is 6.61 Å². The monoisotopic (exact) mass is 876 g/mol. The first kappa shape index (κ1) is 50.3. The Balaban J connectivity index is 1.76. The van der Waals surface area contributed by atoms with E-state index in [1.54, 1.807) is 0 Å². The summed E-state index contributed by atoms with van der Waals surface area (Å²) in [6, 6.07) is -3.02. The van der Waals surface area contributed by atoms with Crippen LogP contribution in [-0.2, 0) is 52.3 Å². The van der Waals surface area contributed by atoms with Gasteiger partial charge in [0.15, 0.2) is 18.9 Å². The van der Waals surface area contributed by atoms with E-state index < -0.39 is 172 Å². The molecule has 4 heterocycles. The molecule has 0 aromatic heterocycles. The lowest BCUT2D eigenvalue weighted by Crippen LogP contribution is -2.71. The van der Waals surface area contributed by atoms with Crippen LogP contribution in [0.3, 0.4) is 0 Å². The van der Waals surface area contributed by atoms with Crippen molar-refractivity contribution in [3.05, 3.63) is 0 Å². The summed E-state index contributed by atoms with van der Waals surface area (Å²) in [5, 5.41) is 133. The molecule has 0 saturated carbocycles. The first-order valence-corrected chi connectivity index (χ1v) is 19.5. The molecular formula is C35H60N2O23. The Morgan fingerprint density at radius 2 is 1.33 bits per heavy atom. The molecule has 0 aromatic carbocycles. The molecule has 0 bridgehead atoms. The molecule has 0 spiro atoms. The maximum atomic E-state index is 13.0. The highest BCUT2D eigenvalue weighted by Gasteiger charge is 2.61. The SMILES string of the molecule is CCCCO[C@@H]1OC(CO)[C@@H](O[C@@H]2OC(C)[C@@H](O)C(O)[C@@H]2O)[C@H](O[C@@H]2OC(CO)[C@@H](O)[C@H](O[C@]3(C(=O)O)C[C@@H](O)[C@@H](NC(C)=O)C([C@H](O)[C@H](O)CO)O3)C2O)C1NC(C)=O. The Hall–Kier alpha value is -2.35. The fraction of sp³-hybridized carbons (Fsp3) is 0.914. The van der Waals surface area contributed by atoms with Gasteiger partial charge in [-0.25, -0.2) is 4.79 Å². The van der Waals surface area contributed by atoms with E-state index in [0.29, 0.717) is 12.8 Å².